The van der Waals surface area contributed by atoms with E-state index in [1.54, 1.807) is 30.5 Å². The number of carbonyl (C=O) groups is 1. The van der Waals surface area contributed by atoms with Crippen molar-refractivity contribution in [2.24, 2.45) is 5.92 Å². The molecule has 1 aliphatic heterocycles. The number of carbonyl (C=O) groups excluding carboxylic acids is 1. The van der Waals surface area contributed by atoms with Crippen molar-refractivity contribution >= 4 is 5.91 Å². The largest absolute Gasteiger partial charge is 0.444 e. The van der Waals surface area contributed by atoms with Crippen LogP contribution in [-0.4, -0.2) is 46.5 Å². The van der Waals surface area contributed by atoms with E-state index in [1.807, 2.05) is 0 Å². The normalized spacial score (nSPS) is 20.5. The van der Waals surface area contributed by atoms with Crippen LogP contribution in [0.15, 0.2) is 41.3 Å². The second-order valence-electron chi connectivity index (χ2n) is 5.58. The summed E-state index contributed by atoms with van der Waals surface area (Å²) in [6, 6.07) is 6.69. The monoisotopic (exact) mass is 322 g/mol. The Hall–Kier alpha value is -2.28. The summed E-state index contributed by atoms with van der Waals surface area (Å²) in [6.07, 6.45) is 2.45. The molecule has 0 bridgehead atoms. The standard InChI is InChI=1S/C16H16F2N2O3/c17-16(18)5-6-20(8-13(16)9-21)15(22)12-3-1-11(2-4-12)14-7-19-10-23-14/h1-4,7,10,13,21H,5-6,8-9H2. The van der Waals surface area contributed by atoms with Gasteiger partial charge in [-0.3, -0.25) is 4.79 Å². The summed E-state index contributed by atoms with van der Waals surface area (Å²) in [7, 11) is 0. The van der Waals surface area contributed by atoms with Crippen LogP contribution in [0.5, 0.6) is 0 Å². The van der Waals surface area contributed by atoms with Crippen LogP contribution in [0.3, 0.4) is 0 Å². The van der Waals surface area contributed by atoms with Crippen molar-refractivity contribution in [1.29, 1.82) is 0 Å². The zero-order chi connectivity index (χ0) is 16.4. The second kappa shape index (κ2) is 6.08. The van der Waals surface area contributed by atoms with Gasteiger partial charge >= 0.3 is 0 Å². The van der Waals surface area contributed by atoms with E-state index < -0.39 is 24.9 Å². The summed E-state index contributed by atoms with van der Waals surface area (Å²) in [6.45, 7) is -0.806. The van der Waals surface area contributed by atoms with Gasteiger partial charge in [-0.2, -0.15) is 0 Å². The van der Waals surface area contributed by atoms with Gasteiger partial charge in [0.2, 0.25) is 0 Å². The number of aliphatic hydroxyl groups excluding tert-OH is 1. The van der Waals surface area contributed by atoms with E-state index in [2.05, 4.69) is 4.98 Å². The molecule has 2 aromatic rings. The molecule has 1 fully saturated rings. The van der Waals surface area contributed by atoms with Gasteiger partial charge in [0, 0.05) is 30.6 Å². The summed E-state index contributed by atoms with van der Waals surface area (Å²) in [5, 5.41) is 9.10. The Labute approximate surface area is 131 Å². The predicted molar refractivity (Wildman–Crippen MR) is 78.0 cm³/mol. The number of aliphatic hydroxyl groups is 1. The minimum absolute atomic E-state index is 0.0216. The van der Waals surface area contributed by atoms with Crippen molar-refractivity contribution in [2.45, 2.75) is 12.3 Å². The van der Waals surface area contributed by atoms with Gasteiger partial charge in [0.15, 0.2) is 12.2 Å². The van der Waals surface area contributed by atoms with Crippen LogP contribution in [0, 0.1) is 5.92 Å². The SMILES string of the molecule is O=C(c1ccc(-c2cnco2)cc1)N1CCC(F)(F)C(CO)C1. The number of aromatic nitrogens is 1. The summed E-state index contributed by atoms with van der Waals surface area (Å²) in [5.74, 6) is -3.87. The molecule has 1 saturated heterocycles. The number of likely N-dealkylation sites (tertiary alicyclic amines) is 1. The van der Waals surface area contributed by atoms with Gasteiger partial charge in [0.1, 0.15) is 0 Å². The van der Waals surface area contributed by atoms with E-state index in [0.29, 0.717) is 11.3 Å². The number of halogens is 2. The highest BCUT2D eigenvalue weighted by atomic mass is 19.3. The Morgan fingerprint density at radius 3 is 2.74 bits per heavy atom. The zero-order valence-corrected chi connectivity index (χ0v) is 12.3. The number of hydrogen-bond acceptors (Lipinski definition) is 4. The van der Waals surface area contributed by atoms with Gasteiger partial charge in [-0.1, -0.05) is 12.1 Å². The van der Waals surface area contributed by atoms with E-state index >= 15 is 0 Å². The molecule has 0 radical (unpaired) electrons. The number of hydrogen-bond donors (Lipinski definition) is 1. The minimum atomic E-state index is -2.93. The molecule has 1 N–H and O–H groups in total. The Kier molecular flexibility index (Phi) is 4.12. The van der Waals surface area contributed by atoms with Crippen molar-refractivity contribution < 1.29 is 23.1 Å². The van der Waals surface area contributed by atoms with Crippen LogP contribution in [0.2, 0.25) is 0 Å². The molecule has 0 aliphatic carbocycles. The van der Waals surface area contributed by atoms with Gasteiger partial charge < -0.3 is 14.4 Å². The van der Waals surface area contributed by atoms with Crippen LogP contribution < -0.4 is 0 Å². The first kappa shape index (κ1) is 15.6. The Balaban J connectivity index is 1.73. The van der Waals surface area contributed by atoms with Gasteiger partial charge in [-0.25, -0.2) is 13.8 Å². The van der Waals surface area contributed by atoms with E-state index in [1.165, 1.54) is 11.3 Å². The summed E-state index contributed by atoms with van der Waals surface area (Å²) in [5.41, 5.74) is 1.19. The Morgan fingerprint density at radius 1 is 1.39 bits per heavy atom. The van der Waals surface area contributed by atoms with Crippen molar-refractivity contribution in [3.8, 4) is 11.3 Å². The van der Waals surface area contributed by atoms with E-state index in [4.69, 9.17) is 9.52 Å². The van der Waals surface area contributed by atoms with Crippen molar-refractivity contribution in [1.82, 2.24) is 9.88 Å². The molecule has 2 heterocycles. The fourth-order valence-electron chi connectivity index (χ4n) is 2.67. The van der Waals surface area contributed by atoms with Gasteiger partial charge in [0.25, 0.3) is 11.8 Å². The third-order valence-electron chi connectivity index (χ3n) is 4.11. The number of oxazole rings is 1. The van der Waals surface area contributed by atoms with Crippen LogP contribution in [0.1, 0.15) is 16.8 Å². The number of alkyl halides is 2. The number of nitrogens with zero attached hydrogens (tertiary/aromatic N) is 2. The molecule has 1 aromatic heterocycles. The molecular formula is C16H16F2N2O3. The van der Waals surface area contributed by atoms with E-state index in [-0.39, 0.29) is 19.0 Å². The molecule has 1 atom stereocenters. The quantitative estimate of drug-likeness (QED) is 0.942. The van der Waals surface area contributed by atoms with Crippen molar-refractivity contribution in [2.75, 3.05) is 19.7 Å². The lowest BCUT2D eigenvalue weighted by molar-refractivity contribution is -0.113. The minimum Gasteiger partial charge on any atom is -0.444 e. The van der Waals surface area contributed by atoms with Gasteiger partial charge in [-0.15, -0.1) is 0 Å². The highest BCUT2D eigenvalue weighted by Gasteiger charge is 2.44. The van der Waals surface area contributed by atoms with Crippen LogP contribution in [0.4, 0.5) is 8.78 Å². The molecular weight excluding hydrogens is 306 g/mol. The average molecular weight is 322 g/mol. The lowest BCUT2D eigenvalue weighted by Gasteiger charge is -2.37. The fourth-order valence-corrected chi connectivity index (χ4v) is 2.67. The van der Waals surface area contributed by atoms with Crippen molar-refractivity contribution in [3.05, 3.63) is 42.4 Å². The fraction of sp³-hybridized carbons (Fsp3) is 0.375. The lowest BCUT2D eigenvalue weighted by atomic mass is 9.93. The van der Waals surface area contributed by atoms with E-state index in [0.717, 1.165) is 5.56 Å². The van der Waals surface area contributed by atoms with Crippen LogP contribution in [-0.2, 0) is 0 Å². The van der Waals surface area contributed by atoms with Crippen molar-refractivity contribution in [3.63, 3.8) is 0 Å². The molecule has 3 rings (SSSR count). The molecule has 0 spiro atoms. The third kappa shape index (κ3) is 3.10. The van der Waals surface area contributed by atoms with Gasteiger partial charge in [-0.05, 0) is 12.1 Å². The first-order valence-electron chi connectivity index (χ1n) is 7.28. The topological polar surface area (TPSA) is 66.6 Å². The summed E-state index contributed by atoms with van der Waals surface area (Å²) < 4.78 is 32.4. The maximum atomic E-state index is 13.6. The maximum Gasteiger partial charge on any atom is 0.256 e. The van der Waals surface area contributed by atoms with E-state index in [9.17, 15) is 13.6 Å². The number of rotatable bonds is 3. The average Bonchev–Trinajstić information content (AvgIpc) is 3.09. The van der Waals surface area contributed by atoms with Gasteiger partial charge in [0.05, 0.1) is 18.7 Å². The summed E-state index contributed by atoms with van der Waals surface area (Å²) in [4.78, 5) is 17.6. The zero-order valence-electron chi connectivity index (χ0n) is 12.3. The molecule has 1 aromatic carbocycles. The molecule has 1 aliphatic rings. The highest BCUT2D eigenvalue weighted by Crippen LogP contribution is 2.33. The Morgan fingerprint density at radius 2 is 2.13 bits per heavy atom. The first-order chi connectivity index (χ1) is 11.0. The number of piperidine rings is 1. The van der Waals surface area contributed by atoms with Crippen LogP contribution >= 0.6 is 0 Å². The summed E-state index contributed by atoms with van der Waals surface area (Å²) >= 11 is 0. The molecule has 1 unspecified atom stereocenters. The third-order valence-corrected chi connectivity index (χ3v) is 4.11. The molecule has 23 heavy (non-hydrogen) atoms. The highest BCUT2D eigenvalue weighted by molar-refractivity contribution is 5.94. The van der Waals surface area contributed by atoms with Crippen LogP contribution in [0.25, 0.3) is 11.3 Å². The maximum absolute atomic E-state index is 13.6. The Bertz CT molecular complexity index is 671. The molecule has 0 saturated carbocycles. The lowest BCUT2D eigenvalue weighted by Crippen LogP contribution is -2.50. The number of amides is 1. The molecule has 5 nitrogen and oxygen atoms in total. The smallest absolute Gasteiger partial charge is 0.256 e. The molecule has 122 valence electrons. The first-order valence-corrected chi connectivity index (χ1v) is 7.28. The predicted octanol–water partition coefficient (Wildman–Crippen LogP) is 2.43. The molecule has 1 amide bonds. The number of benzene rings is 1. The molecule has 7 heteroatoms. The second-order valence-corrected chi connectivity index (χ2v) is 5.58.